The molecule has 1 aromatic rings. The van der Waals surface area contributed by atoms with Crippen LogP contribution in [-0.4, -0.2) is 32.8 Å². The zero-order valence-corrected chi connectivity index (χ0v) is 12.9. The van der Waals surface area contributed by atoms with Crippen LogP contribution in [0.25, 0.3) is 0 Å². The highest BCUT2D eigenvalue weighted by molar-refractivity contribution is 5.97. The van der Waals surface area contributed by atoms with E-state index in [1.807, 2.05) is 13.8 Å². The van der Waals surface area contributed by atoms with Gasteiger partial charge in [0.25, 0.3) is 11.5 Å². The summed E-state index contributed by atoms with van der Waals surface area (Å²) in [6.45, 7) is 7.04. The molecular weight excluding hydrogens is 274 g/mol. The molecule has 0 saturated heterocycles. The van der Waals surface area contributed by atoms with Crippen LogP contribution in [-0.2, 0) is 11.8 Å². The van der Waals surface area contributed by atoms with Crippen molar-refractivity contribution in [3.63, 3.8) is 0 Å². The SMILES string of the molecule is Cc1nn(C)c(=O)c(C(=O)NC(CC(C)C)C(=O)O)c1C. The van der Waals surface area contributed by atoms with Gasteiger partial charge in [-0.3, -0.25) is 9.59 Å². The van der Waals surface area contributed by atoms with Crippen molar-refractivity contribution in [2.45, 2.75) is 40.2 Å². The number of nitrogens with zero attached hydrogens (tertiary/aromatic N) is 2. The third-order valence-electron chi connectivity index (χ3n) is 3.26. The topological polar surface area (TPSA) is 101 Å². The standard InChI is InChI=1S/C14H21N3O4/c1-7(2)6-10(14(20)21)15-12(18)11-8(3)9(4)16-17(5)13(11)19/h7,10H,6H2,1-5H3,(H,15,18)(H,20,21). The molecule has 1 amide bonds. The van der Waals surface area contributed by atoms with Crippen molar-refractivity contribution in [1.82, 2.24) is 15.1 Å². The molecule has 1 atom stereocenters. The van der Waals surface area contributed by atoms with Crippen LogP contribution >= 0.6 is 0 Å². The summed E-state index contributed by atoms with van der Waals surface area (Å²) < 4.78 is 1.08. The molecule has 0 bridgehead atoms. The number of carbonyl (C=O) groups excluding carboxylic acids is 1. The molecule has 0 aliphatic rings. The summed E-state index contributed by atoms with van der Waals surface area (Å²) in [6, 6.07) is -1.02. The Labute approximate surface area is 123 Å². The molecule has 1 heterocycles. The number of aryl methyl sites for hydroxylation is 2. The molecule has 1 rings (SSSR count). The Morgan fingerprint density at radius 1 is 1.33 bits per heavy atom. The maximum absolute atomic E-state index is 12.3. The highest BCUT2D eigenvalue weighted by Gasteiger charge is 2.25. The number of carboxylic acid groups (broad SMARTS) is 1. The minimum Gasteiger partial charge on any atom is -0.480 e. The number of aliphatic carboxylic acids is 1. The second-order valence-corrected chi connectivity index (χ2v) is 5.51. The van der Waals surface area contributed by atoms with Gasteiger partial charge in [0.2, 0.25) is 0 Å². The predicted octanol–water partition coefficient (Wildman–Crippen LogP) is 0.626. The van der Waals surface area contributed by atoms with E-state index in [4.69, 9.17) is 5.11 Å². The van der Waals surface area contributed by atoms with E-state index in [-0.39, 0.29) is 11.5 Å². The molecule has 2 N–H and O–H groups in total. The van der Waals surface area contributed by atoms with Crippen LogP contribution in [0.4, 0.5) is 0 Å². The van der Waals surface area contributed by atoms with Crippen molar-refractivity contribution in [2.24, 2.45) is 13.0 Å². The molecular formula is C14H21N3O4. The van der Waals surface area contributed by atoms with E-state index < -0.39 is 23.5 Å². The van der Waals surface area contributed by atoms with E-state index in [0.717, 1.165) is 4.68 Å². The molecule has 7 heteroatoms. The first-order valence-electron chi connectivity index (χ1n) is 6.73. The maximum Gasteiger partial charge on any atom is 0.326 e. The first-order valence-corrected chi connectivity index (χ1v) is 6.73. The summed E-state index contributed by atoms with van der Waals surface area (Å²) >= 11 is 0. The summed E-state index contributed by atoms with van der Waals surface area (Å²) in [4.78, 5) is 35.5. The van der Waals surface area contributed by atoms with Gasteiger partial charge in [0.05, 0.1) is 5.69 Å². The van der Waals surface area contributed by atoms with Crippen molar-refractivity contribution in [1.29, 1.82) is 0 Å². The third kappa shape index (κ3) is 3.90. The van der Waals surface area contributed by atoms with Gasteiger partial charge in [0.1, 0.15) is 11.6 Å². The molecule has 0 fully saturated rings. The van der Waals surface area contributed by atoms with Gasteiger partial charge in [0.15, 0.2) is 0 Å². The fraction of sp³-hybridized carbons (Fsp3) is 0.571. The second-order valence-electron chi connectivity index (χ2n) is 5.51. The fourth-order valence-electron chi connectivity index (χ4n) is 2.04. The number of nitrogens with one attached hydrogen (secondary N) is 1. The van der Waals surface area contributed by atoms with E-state index in [0.29, 0.717) is 17.7 Å². The van der Waals surface area contributed by atoms with Gasteiger partial charge in [-0.25, -0.2) is 9.48 Å². The van der Waals surface area contributed by atoms with Gasteiger partial charge in [-0.05, 0) is 31.7 Å². The predicted molar refractivity (Wildman–Crippen MR) is 77.3 cm³/mol. The largest absolute Gasteiger partial charge is 0.480 e. The molecule has 116 valence electrons. The number of amides is 1. The summed E-state index contributed by atoms with van der Waals surface area (Å²) in [7, 11) is 1.45. The molecule has 21 heavy (non-hydrogen) atoms. The van der Waals surface area contributed by atoms with E-state index in [2.05, 4.69) is 10.4 Å². The van der Waals surface area contributed by atoms with Crippen LogP contribution in [0.3, 0.4) is 0 Å². The van der Waals surface area contributed by atoms with Crippen LogP contribution in [0.2, 0.25) is 0 Å². The molecule has 0 aromatic carbocycles. The van der Waals surface area contributed by atoms with Crippen LogP contribution in [0.15, 0.2) is 4.79 Å². The van der Waals surface area contributed by atoms with Gasteiger partial charge in [-0.2, -0.15) is 5.10 Å². The number of rotatable bonds is 5. The van der Waals surface area contributed by atoms with E-state index in [1.165, 1.54) is 7.05 Å². The Hall–Kier alpha value is -2.18. The fourth-order valence-corrected chi connectivity index (χ4v) is 2.04. The first-order chi connectivity index (χ1) is 9.65. The maximum atomic E-state index is 12.3. The highest BCUT2D eigenvalue weighted by Crippen LogP contribution is 2.09. The number of hydrogen-bond acceptors (Lipinski definition) is 4. The van der Waals surface area contributed by atoms with Gasteiger partial charge >= 0.3 is 5.97 Å². The zero-order valence-electron chi connectivity index (χ0n) is 12.9. The number of aromatic nitrogens is 2. The summed E-state index contributed by atoms with van der Waals surface area (Å²) in [6.07, 6.45) is 0.296. The van der Waals surface area contributed by atoms with Gasteiger partial charge in [-0.15, -0.1) is 0 Å². The van der Waals surface area contributed by atoms with Crippen molar-refractivity contribution < 1.29 is 14.7 Å². The molecule has 0 spiro atoms. The monoisotopic (exact) mass is 295 g/mol. The number of carboxylic acids is 1. The normalized spacial score (nSPS) is 12.3. The van der Waals surface area contributed by atoms with Crippen LogP contribution in [0.1, 0.15) is 41.9 Å². The average molecular weight is 295 g/mol. The summed E-state index contributed by atoms with van der Waals surface area (Å²) in [5, 5.41) is 15.6. The van der Waals surface area contributed by atoms with Crippen molar-refractivity contribution >= 4 is 11.9 Å². The lowest BCUT2D eigenvalue weighted by molar-refractivity contribution is -0.139. The van der Waals surface area contributed by atoms with Crippen molar-refractivity contribution in [3.8, 4) is 0 Å². The number of hydrogen-bond donors (Lipinski definition) is 2. The van der Waals surface area contributed by atoms with Crippen molar-refractivity contribution in [3.05, 3.63) is 27.2 Å². The first kappa shape index (κ1) is 16.9. The van der Waals surface area contributed by atoms with Crippen LogP contribution in [0.5, 0.6) is 0 Å². The Morgan fingerprint density at radius 2 is 1.90 bits per heavy atom. The zero-order chi connectivity index (χ0) is 16.3. The molecule has 0 saturated carbocycles. The highest BCUT2D eigenvalue weighted by atomic mass is 16.4. The minimum absolute atomic E-state index is 0.0555. The van der Waals surface area contributed by atoms with E-state index in [1.54, 1.807) is 13.8 Å². The van der Waals surface area contributed by atoms with Gasteiger partial charge in [0, 0.05) is 7.05 Å². The third-order valence-corrected chi connectivity index (χ3v) is 3.26. The van der Waals surface area contributed by atoms with Crippen LogP contribution < -0.4 is 10.9 Å². The molecule has 7 nitrogen and oxygen atoms in total. The van der Waals surface area contributed by atoms with E-state index in [9.17, 15) is 14.4 Å². The van der Waals surface area contributed by atoms with E-state index >= 15 is 0 Å². The lowest BCUT2D eigenvalue weighted by Gasteiger charge is -2.17. The minimum atomic E-state index is -1.11. The number of carbonyl (C=O) groups is 2. The molecule has 1 unspecified atom stereocenters. The Balaban J connectivity index is 3.15. The molecule has 0 aliphatic heterocycles. The van der Waals surface area contributed by atoms with Crippen molar-refractivity contribution in [2.75, 3.05) is 0 Å². The molecule has 0 aliphatic carbocycles. The average Bonchev–Trinajstić information content (AvgIpc) is 2.35. The lowest BCUT2D eigenvalue weighted by atomic mass is 10.0. The Morgan fingerprint density at radius 3 is 2.38 bits per heavy atom. The smallest absolute Gasteiger partial charge is 0.326 e. The second kappa shape index (κ2) is 6.51. The summed E-state index contributed by atoms with van der Waals surface area (Å²) in [5.74, 6) is -1.68. The molecule has 1 aromatic heterocycles. The summed E-state index contributed by atoms with van der Waals surface area (Å²) in [5.41, 5.74) is 0.423. The molecule has 0 radical (unpaired) electrons. The Kier molecular flexibility index (Phi) is 5.23. The quantitative estimate of drug-likeness (QED) is 0.829. The van der Waals surface area contributed by atoms with Gasteiger partial charge in [-0.1, -0.05) is 13.8 Å². The Bertz CT molecular complexity index is 619. The lowest BCUT2D eigenvalue weighted by Crippen LogP contribution is -2.44. The van der Waals surface area contributed by atoms with Gasteiger partial charge < -0.3 is 10.4 Å². The van der Waals surface area contributed by atoms with Crippen LogP contribution in [0, 0.1) is 19.8 Å².